The van der Waals surface area contributed by atoms with Gasteiger partial charge in [0.2, 0.25) is 0 Å². The van der Waals surface area contributed by atoms with E-state index < -0.39 is 8.07 Å². The molecule has 2 atom stereocenters. The number of carbonyl (C=O) groups excluding carboxylic acids is 1. The third-order valence-electron chi connectivity index (χ3n) is 2.27. The number of hydrogen-bond donors (Lipinski definition) is 0. The van der Waals surface area contributed by atoms with Gasteiger partial charge in [-0.3, -0.25) is 4.79 Å². The second-order valence-electron chi connectivity index (χ2n) is 5.24. The third-order valence-corrected chi connectivity index (χ3v) is 3.17. The van der Waals surface area contributed by atoms with Crippen LogP contribution in [0.3, 0.4) is 0 Å². The van der Waals surface area contributed by atoms with E-state index in [-0.39, 0.29) is 18.0 Å². The molecule has 0 heterocycles. The molecule has 102 valence electrons. The standard InChI is InChI=1S/C14H24O3Si/c1-12(8-7-9-14(15)17-3)13(16-2)10-11-18(4,5)6/h7-8,12-13H,9H2,1-6H3/b8-7+/t12-,13+/m0/s1. The zero-order valence-corrected chi connectivity index (χ0v) is 13.2. The molecule has 0 aliphatic heterocycles. The predicted molar refractivity (Wildman–Crippen MR) is 76.9 cm³/mol. The Morgan fingerprint density at radius 3 is 2.39 bits per heavy atom. The van der Waals surface area contributed by atoms with E-state index in [1.54, 1.807) is 13.2 Å². The number of esters is 1. The van der Waals surface area contributed by atoms with Crippen molar-refractivity contribution in [2.75, 3.05) is 14.2 Å². The molecular formula is C14H24O3Si. The second kappa shape index (κ2) is 8.12. The number of rotatable bonds is 5. The van der Waals surface area contributed by atoms with Gasteiger partial charge in [0.25, 0.3) is 0 Å². The lowest BCUT2D eigenvalue weighted by Crippen LogP contribution is -2.21. The molecule has 0 saturated heterocycles. The average molecular weight is 268 g/mol. The lowest BCUT2D eigenvalue weighted by Gasteiger charge is -2.15. The van der Waals surface area contributed by atoms with Crippen molar-refractivity contribution in [2.24, 2.45) is 5.92 Å². The number of ether oxygens (including phenoxy) is 2. The fourth-order valence-electron chi connectivity index (χ4n) is 1.26. The first kappa shape index (κ1) is 16.9. The summed E-state index contributed by atoms with van der Waals surface area (Å²) in [6.07, 6.45) is 3.92. The van der Waals surface area contributed by atoms with Crippen LogP contribution in [0.25, 0.3) is 0 Å². The molecule has 0 radical (unpaired) electrons. The SMILES string of the molecule is COC(=O)C/C=C/[C@H](C)[C@@H](C#C[Si](C)(C)C)OC. The van der Waals surface area contributed by atoms with Crippen LogP contribution in [0.15, 0.2) is 12.2 Å². The zero-order chi connectivity index (χ0) is 14.2. The Hall–Kier alpha value is -1.05. The summed E-state index contributed by atoms with van der Waals surface area (Å²) >= 11 is 0. The van der Waals surface area contributed by atoms with Gasteiger partial charge >= 0.3 is 5.97 Å². The smallest absolute Gasteiger partial charge is 0.309 e. The minimum absolute atomic E-state index is 0.120. The van der Waals surface area contributed by atoms with Gasteiger partial charge in [-0.15, -0.1) is 5.54 Å². The molecule has 0 rings (SSSR count). The summed E-state index contributed by atoms with van der Waals surface area (Å²) in [5.41, 5.74) is 3.30. The van der Waals surface area contributed by atoms with Crippen molar-refractivity contribution in [3.05, 3.63) is 12.2 Å². The maximum absolute atomic E-state index is 11.0. The molecule has 0 N–H and O–H groups in total. The maximum atomic E-state index is 11.0. The maximum Gasteiger partial charge on any atom is 0.309 e. The summed E-state index contributed by atoms with van der Waals surface area (Å²) in [5, 5.41) is 0. The van der Waals surface area contributed by atoms with Gasteiger partial charge < -0.3 is 9.47 Å². The van der Waals surface area contributed by atoms with Crippen LogP contribution < -0.4 is 0 Å². The highest BCUT2D eigenvalue weighted by molar-refractivity contribution is 6.83. The largest absolute Gasteiger partial charge is 0.469 e. The van der Waals surface area contributed by atoms with Crippen LogP contribution >= 0.6 is 0 Å². The molecule has 4 heteroatoms. The van der Waals surface area contributed by atoms with E-state index >= 15 is 0 Å². The fourth-order valence-corrected chi connectivity index (χ4v) is 1.83. The van der Waals surface area contributed by atoms with Crippen LogP contribution in [0.4, 0.5) is 0 Å². The van der Waals surface area contributed by atoms with Crippen molar-refractivity contribution >= 4 is 14.0 Å². The third kappa shape index (κ3) is 8.10. The predicted octanol–water partition coefficient (Wildman–Crippen LogP) is 2.64. The second-order valence-corrected chi connectivity index (χ2v) is 9.99. The summed E-state index contributed by atoms with van der Waals surface area (Å²) in [5.74, 6) is 3.10. The molecule has 0 aliphatic rings. The van der Waals surface area contributed by atoms with Gasteiger partial charge in [-0.1, -0.05) is 44.6 Å². The summed E-state index contributed by atoms with van der Waals surface area (Å²) < 4.78 is 9.94. The van der Waals surface area contributed by atoms with Crippen LogP contribution in [-0.4, -0.2) is 34.4 Å². The van der Waals surface area contributed by atoms with Crippen LogP contribution in [0.1, 0.15) is 13.3 Å². The Morgan fingerprint density at radius 2 is 1.94 bits per heavy atom. The van der Waals surface area contributed by atoms with Crippen LogP contribution in [0.2, 0.25) is 19.6 Å². The molecular weight excluding hydrogens is 244 g/mol. The van der Waals surface area contributed by atoms with E-state index in [0.29, 0.717) is 6.42 Å². The van der Waals surface area contributed by atoms with Crippen LogP contribution in [0, 0.1) is 17.4 Å². The molecule has 0 saturated carbocycles. The van der Waals surface area contributed by atoms with Gasteiger partial charge in [0.15, 0.2) is 0 Å². The number of hydrogen-bond acceptors (Lipinski definition) is 3. The van der Waals surface area contributed by atoms with E-state index in [1.165, 1.54) is 7.11 Å². The molecule has 0 spiro atoms. The van der Waals surface area contributed by atoms with Gasteiger partial charge in [0.1, 0.15) is 14.2 Å². The quantitative estimate of drug-likeness (QED) is 0.333. The van der Waals surface area contributed by atoms with E-state index in [0.717, 1.165) is 0 Å². The Balaban J connectivity index is 4.47. The van der Waals surface area contributed by atoms with Crippen molar-refractivity contribution in [1.82, 2.24) is 0 Å². The Labute approximate surface area is 112 Å². The molecule has 18 heavy (non-hydrogen) atoms. The highest BCUT2D eigenvalue weighted by atomic mass is 28.3. The van der Waals surface area contributed by atoms with E-state index in [4.69, 9.17) is 4.74 Å². The topological polar surface area (TPSA) is 35.5 Å². The van der Waals surface area contributed by atoms with Crippen LogP contribution in [0.5, 0.6) is 0 Å². The van der Waals surface area contributed by atoms with Gasteiger partial charge in [0.05, 0.1) is 13.5 Å². The Bertz CT molecular complexity index is 344. The summed E-state index contributed by atoms with van der Waals surface area (Å²) in [4.78, 5) is 11.0. The lowest BCUT2D eigenvalue weighted by atomic mass is 10.0. The van der Waals surface area contributed by atoms with Gasteiger partial charge in [0, 0.05) is 13.0 Å². The van der Waals surface area contributed by atoms with Crippen molar-refractivity contribution in [2.45, 2.75) is 39.1 Å². The molecule has 0 aromatic rings. The molecule has 3 nitrogen and oxygen atoms in total. The first-order chi connectivity index (χ1) is 8.30. The zero-order valence-electron chi connectivity index (χ0n) is 12.2. The molecule has 0 aromatic carbocycles. The van der Waals surface area contributed by atoms with Crippen molar-refractivity contribution in [3.63, 3.8) is 0 Å². The Morgan fingerprint density at radius 1 is 1.33 bits per heavy atom. The highest BCUT2D eigenvalue weighted by Gasteiger charge is 2.13. The highest BCUT2D eigenvalue weighted by Crippen LogP contribution is 2.09. The molecule has 0 amide bonds. The fraction of sp³-hybridized carbons (Fsp3) is 0.643. The summed E-state index contributed by atoms with van der Waals surface area (Å²) in [6.45, 7) is 8.63. The number of methoxy groups -OCH3 is 2. The molecule has 0 fully saturated rings. The van der Waals surface area contributed by atoms with Crippen LogP contribution in [-0.2, 0) is 14.3 Å². The van der Waals surface area contributed by atoms with Crippen molar-refractivity contribution < 1.29 is 14.3 Å². The lowest BCUT2D eigenvalue weighted by molar-refractivity contribution is -0.139. The molecule has 0 aromatic heterocycles. The van der Waals surface area contributed by atoms with E-state index in [9.17, 15) is 4.79 Å². The first-order valence-corrected chi connectivity index (χ1v) is 9.59. The summed E-state index contributed by atoms with van der Waals surface area (Å²) in [7, 11) is 1.67. The van der Waals surface area contributed by atoms with Gasteiger partial charge in [-0.05, 0) is 0 Å². The molecule has 0 aliphatic carbocycles. The number of carbonyl (C=O) groups is 1. The molecule has 0 unspecified atom stereocenters. The Kier molecular flexibility index (Phi) is 7.64. The van der Waals surface area contributed by atoms with Gasteiger partial charge in [-0.2, -0.15) is 0 Å². The van der Waals surface area contributed by atoms with Crippen molar-refractivity contribution in [3.8, 4) is 11.5 Å². The molecule has 0 bridgehead atoms. The van der Waals surface area contributed by atoms with E-state index in [1.807, 2.05) is 13.0 Å². The minimum atomic E-state index is -1.38. The van der Waals surface area contributed by atoms with Crippen molar-refractivity contribution in [1.29, 1.82) is 0 Å². The monoisotopic (exact) mass is 268 g/mol. The van der Waals surface area contributed by atoms with E-state index in [2.05, 4.69) is 35.8 Å². The average Bonchev–Trinajstić information content (AvgIpc) is 2.28. The minimum Gasteiger partial charge on any atom is -0.469 e. The first-order valence-electron chi connectivity index (χ1n) is 6.09. The summed E-state index contributed by atoms with van der Waals surface area (Å²) in [6, 6.07) is 0. The van der Waals surface area contributed by atoms with Gasteiger partial charge in [-0.25, -0.2) is 0 Å². The normalized spacial score (nSPS) is 14.8.